The average molecular weight is 341 g/mol. The van der Waals surface area contributed by atoms with Crippen molar-refractivity contribution in [3.63, 3.8) is 0 Å². The van der Waals surface area contributed by atoms with E-state index in [2.05, 4.69) is 56.4 Å². The monoisotopic (exact) mass is 340 g/mol. The van der Waals surface area contributed by atoms with Crippen molar-refractivity contribution in [3.05, 3.63) is 41.0 Å². The van der Waals surface area contributed by atoms with E-state index < -0.39 is 0 Å². The first kappa shape index (κ1) is 18.2. The molecule has 0 saturated heterocycles. The zero-order valence-electron chi connectivity index (χ0n) is 16.2. The van der Waals surface area contributed by atoms with Crippen LogP contribution in [0.5, 0.6) is 0 Å². The van der Waals surface area contributed by atoms with E-state index in [1.54, 1.807) is 0 Å². The second-order valence-corrected chi connectivity index (χ2v) is 8.71. The minimum absolute atomic E-state index is 0.0191. The lowest BCUT2D eigenvalue weighted by atomic mass is 9.82. The summed E-state index contributed by atoms with van der Waals surface area (Å²) in [5, 5.41) is 3.63. The molecule has 3 nitrogen and oxygen atoms in total. The zero-order valence-corrected chi connectivity index (χ0v) is 16.2. The molecule has 3 rings (SSSR count). The molecule has 1 fully saturated rings. The van der Waals surface area contributed by atoms with Crippen LogP contribution in [0, 0.1) is 5.92 Å². The highest BCUT2D eigenvalue weighted by molar-refractivity contribution is 5.98. The first-order chi connectivity index (χ1) is 11.8. The third-order valence-corrected chi connectivity index (χ3v) is 5.36. The molecule has 2 aliphatic rings. The molecular formula is C22H32N2O. The lowest BCUT2D eigenvalue weighted by molar-refractivity contribution is -0.119. The molecule has 1 aromatic carbocycles. The van der Waals surface area contributed by atoms with Crippen molar-refractivity contribution in [2.24, 2.45) is 5.92 Å². The van der Waals surface area contributed by atoms with Gasteiger partial charge in [-0.05, 0) is 64.4 Å². The molecule has 136 valence electrons. The van der Waals surface area contributed by atoms with E-state index in [-0.39, 0.29) is 11.5 Å². The molecular weight excluding hydrogens is 308 g/mol. The number of nitrogens with zero attached hydrogens (tertiary/aromatic N) is 1. The molecule has 25 heavy (non-hydrogen) atoms. The number of ketones is 1. The lowest BCUT2D eigenvalue weighted by Crippen LogP contribution is -2.44. The van der Waals surface area contributed by atoms with Crippen LogP contribution < -0.4 is 5.32 Å². The Morgan fingerprint density at radius 3 is 2.64 bits per heavy atom. The van der Waals surface area contributed by atoms with E-state index in [9.17, 15) is 4.79 Å². The molecule has 0 amide bonds. The molecule has 1 heterocycles. The predicted molar refractivity (Wildman–Crippen MR) is 104 cm³/mol. The Labute approximate surface area is 152 Å². The first-order valence-corrected chi connectivity index (χ1v) is 9.65. The van der Waals surface area contributed by atoms with Crippen LogP contribution in [0.15, 0.2) is 24.3 Å². The van der Waals surface area contributed by atoms with Gasteiger partial charge in [0.25, 0.3) is 0 Å². The summed E-state index contributed by atoms with van der Waals surface area (Å²) >= 11 is 0. The van der Waals surface area contributed by atoms with Crippen molar-refractivity contribution in [3.8, 4) is 0 Å². The molecule has 0 unspecified atom stereocenters. The minimum Gasteiger partial charge on any atom is -0.379 e. The number of hydrogen-bond acceptors (Lipinski definition) is 3. The van der Waals surface area contributed by atoms with Gasteiger partial charge in [-0.2, -0.15) is 0 Å². The topological polar surface area (TPSA) is 32.3 Å². The summed E-state index contributed by atoms with van der Waals surface area (Å²) in [6.07, 6.45) is 8.67. The summed E-state index contributed by atoms with van der Waals surface area (Å²) < 4.78 is 0. The van der Waals surface area contributed by atoms with Crippen molar-refractivity contribution in [2.45, 2.75) is 64.5 Å². The molecule has 1 aromatic rings. The Balaban J connectivity index is 1.92. The fraction of sp³-hybridized carbons (Fsp3) is 0.591. The Kier molecular flexibility index (Phi) is 5.33. The van der Waals surface area contributed by atoms with E-state index in [1.807, 2.05) is 6.08 Å². The molecule has 0 radical (unpaired) electrons. The number of benzene rings is 1. The molecule has 1 N–H and O–H groups in total. The summed E-state index contributed by atoms with van der Waals surface area (Å²) in [7, 11) is 4.17. The van der Waals surface area contributed by atoms with Crippen molar-refractivity contribution >= 4 is 11.5 Å². The van der Waals surface area contributed by atoms with E-state index in [1.165, 1.54) is 36.0 Å². The van der Waals surface area contributed by atoms with E-state index in [0.29, 0.717) is 5.78 Å². The van der Waals surface area contributed by atoms with Gasteiger partial charge in [0, 0.05) is 35.3 Å². The summed E-state index contributed by atoms with van der Waals surface area (Å²) in [6, 6.07) is 6.73. The second kappa shape index (κ2) is 7.33. The van der Waals surface area contributed by atoms with Crippen LogP contribution in [-0.4, -0.2) is 30.3 Å². The molecule has 1 saturated carbocycles. The number of allylic oxidation sites excluding steroid dienone is 1. The van der Waals surface area contributed by atoms with Gasteiger partial charge in [-0.15, -0.1) is 0 Å². The molecule has 1 aliphatic heterocycles. The minimum atomic E-state index is -0.0191. The maximum atomic E-state index is 12.8. The normalized spacial score (nSPS) is 21.9. The van der Waals surface area contributed by atoms with Crippen LogP contribution >= 0.6 is 0 Å². The van der Waals surface area contributed by atoms with E-state index in [4.69, 9.17) is 0 Å². The Morgan fingerprint density at radius 1 is 1.24 bits per heavy atom. The van der Waals surface area contributed by atoms with Crippen LogP contribution in [0.25, 0.3) is 5.70 Å². The summed E-state index contributed by atoms with van der Waals surface area (Å²) in [6.45, 7) is 5.34. The fourth-order valence-electron chi connectivity index (χ4n) is 4.21. The fourth-order valence-corrected chi connectivity index (χ4v) is 4.21. The summed E-state index contributed by atoms with van der Waals surface area (Å²) in [5.74, 6) is 0.533. The Bertz CT molecular complexity index is 667. The molecule has 0 aromatic heterocycles. The van der Waals surface area contributed by atoms with Gasteiger partial charge in [-0.1, -0.05) is 31.4 Å². The molecule has 1 aliphatic carbocycles. The highest BCUT2D eigenvalue weighted by Gasteiger charge is 2.29. The van der Waals surface area contributed by atoms with Crippen LogP contribution in [0.2, 0.25) is 0 Å². The SMILES string of the molecule is CN(C)Cc1ccc2c(c1)C(=CC(=O)C1CCCCC1)NC(C)(C)C2. The number of hydrogen-bond donors (Lipinski definition) is 1. The maximum absolute atomic E-state index is 12.8. The quantitative estimate of drug-likeness (QED) is 0.835. The van der Waals surface area contributed by atoms with Gasteiger partial charge in [0.15, 0.2) is 5.78 Å². The standard InChI is InChI=1S/C22H32N2O/c1-22(2)14-18-11-10-16(15-24(3)4)12-19(18)20(23-22)13-21(25)17-8-6-5-7-9-17/h10-13,17,23H,5-9,14-15H2,1-4H3. The Hall–Kier alpha value is -1.61. The second-order valence-electron chi connectivity index (χ2n) is 8.71. The Morgan fingerprint density at radius 2 is 1.96 bits per heavy atom. The third kappa shape index (κ3) is 4.52. The smallest absolute Gasteiger partial charge is 0.160 e. The van der Waals surface area contributed by atoms with Gasteiger partial charge in [0.1, 0.15) is 0 Å². The maximum Gasteiger partial charge on any atom is 0.160 e. The number of carbonyl (C=O) groups is 1. The molecule has 0 spiro atoms. The summed E-state index contributed by atoms with van der Waals surface area (Å²) in [4.78, 5) is 15.0. The van der Waals surface area contributed by atoms with Gasteiger partial charge < -0.3 is 10.2 Å². The highest BCUT2D eigenvalue weighted by atomic mass is 16.1. The van der Waals surface area contributed by atoms with Gasteiger partial charge >= 0.3 is 0 Å². The van der Waals surface area contributed by atoms with E-state index in [0.717, 1.165) is 31.5 Å². The van der Waals surface area contributed by atoms with Crippen LogP contribution in [-0.2, 0) is 17.8 Å². The van der Waals surface area contributed by atoms with Gasteiger partial charge in [-0.25, -0.2) is 0 Å². The molecule has 0 atom stereocenters. The molecule has 0 bridgehead atoms. The third-order valence-electron chi connectivity index (χ3n) is 5.36. The highest BCUT2D eigenvalue weighted by Crippen LogP contribution is 2.32. The lowest BCUT2D eigenvalue weighted by Gasteiger charge is -2.36. The van der Waals surface area contributed by atoms with Crippen LogP contribution in [0.3, 0.4) is 0 Å². The zero-order chi connectivity index (χ0) is 18.0. The first-order valence-electron chi connectivity index (χ1n) is 9.65. The van der Waals surface area contributed by atoms with Crippen molar-refractivity contribution in [1.82, 2.24) is 10.2 Å². The van der Waals surface area contributed by atoms with Gasteiger partial charge in [-0.3, -0.25) is 4.79 Å². The predicted octanol–water partition coefficient (Wildman–Crippen LogP) is 4.16. The number of rotatable bonds is 4. The number of carbonyl (C=O) groups excluding carboxylic acids is 1. The van der Waals surface area contributed by atoms with Crippen LogP contribution in [0.1, 0.15) is 62.6 Å². The van der Waals surface area contributed by atoms with Gasteiger partial charge in [0.2, 0.25) is 0 Å². The average Bonchev–Trinajstić information content (AvgIpc) is 2.55. The van der Waals surface area contributed by atoms with Crippen molar-refractivity contribution in [2.75, 3.05) is 14.1 Å². The number of fused-ring (bicyclic) bond motifs is 1. The van der Waals surface area contributed by atoms with Crippen LogP contribution in [0.4, 0.5) is 0 Å². The largest absolute Gasteiger partial charge is 0.379 e. The number of nitrogens with one attached hydrogen (secondary N) is 1. The van der Waals surface area contributed by atoms with Crippen molar-refractivity contribution in [1.29, 1.82) is 0 Å². The molecule has 3 heteroatoms. The van der Waals surface area contributed by atoms with Crippen molar-refractivity contribution < 1.29 is 4.79 Å². The van der Waals surface area contributed by atoms with E-state index >= 15 is 0 Å². The van der Waals surface area contributed by atoms with Gasteiger partial charge in [0.05, 0.1) is 0 Å². The summed E-state index contributed by atoms with van der Waals surface area (Å²) in [5.41, 5.74) is 4.84.